The van der Waals surface area contributed by atoms with Gasteiger partial charge in [0.2, 0.25) is 5.95 Å². The number of aromatic nitrogens is 2. The summed E-state index contributed by atoms with van der Waals surface area (Å²) in [6.07, 6.45) is 1.65. The highest BCUT2D eigenvalue weighted by Gasteiger charge is 2.21. The van der Waals surface area contributed by atoms with Gasteiger partial charge in [-0.05, 0) is 30.3 Å². The second-order valence-electron chi connectivity index (χ2n) is 6.27. The summed E-state index contributed by atoms with van der Waals surface area (Å²) in [5.41, 5.74) is 0.986. The molecule has 2 heterocycles. The molecule has 1 saturated heterocycles. The molecule has 0 unspecified atom stereocenters. The molecule has 3 aromatic rings. The van der Waals surface area contributed by atoms with Crippen LogP contribution in [0.1, 0.15) is 0 Å². The number of hydrogen-bond donors (Lipinski definition) is 1. The van der Waals surface area contributed by atoms with Crippen LogP contribution < -0.4 is 15.1 Å². The first-order chi connectivity index (χ1) is 13.2. The molecule has 0 amide bonds. The van der Waals surface area contributed by atoms with Crippen LogP contribution in [0.5, 0.6) is 0 Å². The lowest BCUT2D eigenvalue weighted by Gasteiger charge is -2.36. The molecule has 1 fully saturated rings. The minimum absolute atomic E-state index is 0.210. The van der Waals surface area contributed by atoms with E-state index in [4.69, 9.17) is 0 Å². The SMILES string of the molecule is Fc1ccccc1Nc1ccnc(N2CCN(c3ccccc3F)CC2)n1. The van der Waals surface area contributed by atoms with Crippen molar-refractivity contribution >= 4 is 23.1 Å². The van der Waals surface area contributed by atoms with E-state index in [1.54, 1.807) is 42.6 Å². The summed E-state index contributed by atoms with van der Waals surface area (Å²) < 4.78 is 27.8. The Balaban J connectivity index is 1.44. The van der Waals surface area contributed by atoms with E-state index in [9.17, 15) is 8.78 Å². The molecular weight excluding hydrogens is 348 g/mol. The number of hydrogen-bond acceptors (Lipinski definition) is 5. The van der Waals surface area contributed by atoms with Crippen LogP contribution in [0.4, 0.5) is 31.9 Å². The van der Waals surface area contributed by atoms with E-state index in [1.165, 1.54) is 12.1 Å². The van der Waals surface area contributed by atoms with Gasteiger partial charge >= 0.3 is 0 Å². The van der Waals surface area contributed by atoms with Gasteiger partial charge in [-0.25, -0.2) is 13.8 Å². The van der Waals surface area contributed by atoms with Crippen LogP contribution in [0.2, 0.25) is 0 Å². The first-order valence-corrected chi connectivity index (χ1v) is 8.80. The molecule has 138 valence electrons. The van der Waals surface area contributed by atoms with Crippen molar-refractivity contribution in [3.05, 3.63) is 72.4 Å². The molecule has 2 aromatic carbocycles. The number of halogens is 2. The van der Waals surface area contributed by atoms with Crippen LogP contribution >= 0.6 is 0 Å². The van der Waals surface area contributed by atoms with Crippen molar-refractivity contribution in [1.82, 2.24) is 9.97 Å². The summed E-state index contributed by atoms with van der Waals surface area (Å²) >= 11 is 0. The second kappa shape index (κ2) is 7.57. The average molecular weight is 367 g/mol. The highest BCUT2D eigenvalue weighted by Crippen LogP contribution is 2.23. The summed E-state index contributed by atoms with van der Waals surface area (Å²) in [7, 11) is 0. The van der Waals surface area contributed by atoms with E-state index in [2.05, 4.69) is 15.3 Å². The number of anilines is 4. The Morgan fingerprint density at radius 2 is 1.44 bits per heavy atom. The predicted octanol–water partition coefficient (Wildman–Crippen LogP) is 3.83. The van der Waals surface area contributed by atoms with Gasteiger partial charge in [-0.3, -0.25) is 0 Å². The maximum absolute atomic E-state index is 14.0. The zero-order valence-electron chi connectivity index (χ0n) is 14.6. The summed E-state index contributed by atoms with van der Waals surface area (Å²) in [5.74, 6) is 0.556. The third kappa shape index (κ3) is 3.81. The van der Waals surface area contributed by atoms with Crippen LogP contribution in [0.3, 0.4) is 0 Å². The van der Waals surface area contributed by atoms with Gasteiger partial charge in [-0.1, -0.05) is 24.3 Å². The topological polar surface area (TPSA) is 44.3 Å². The predicted molar refractivity (Wildman–Crippen MR) is 103 cm³/mol. The van der Waals surface area contributed by atoms with Crippen LogP contribution in [-0.4, -0.2) is 36.1 Å². The van der Waals surface area contributed by atoms with Gasteiger partial charge in [-0.2, -0.15) is 4.98 Å². The lowest BCUT2D eigenvalue weighted by molar-refractivity contribution is 0.594. The average Bonchev–Trinajstić information content (AvgIpc) is 2.71. The molecule has 0 radical (unpaired) electrons. The standard InChI is InChI=1S/C20H19F2N5/c21-15-5-1-3-7-17(15)24-19-9-10-23-20(25-19)27-13-11-26(12-14-27)18-8-4-2-6-16(18)22/h1-10H,11-14H2,(H,23,24,25). The van der Waals surface area contributed by atoms with E-state index < -0.39 is 0 Å². The van der Waals surface area contributed by atoms with E-state index in [0.717, 1.165) is 0 Å². The van der Waals surface area contributed by atoms with E-state index >= 15 is 0 Å². The highest BCUT2D eigenvalue weighted by atomic mass is 19.1. The molecule has 4 rings (SSSR count). The maximum Gasteiger partial charge on any atom is 0.227 e. The van der Waals surface area contributed by atoms with Crippen molar-refractivity contribution in [3.8, 4) is 0 Å². The summed E-state index contributed by atoms with van der Waals surface area (Å²) in [5, 5.41) is 2.98. The van der Waals surface area contributed by atoms with Gasteiger partial charge in [0, 0.05) is 32.4 Å². The molecule has 1 aromatic heterocycles. The Bertz CT molecular complexity index is 926. The van der Waals surface area contributed by atoms with Gasteiger partial charge in [0.1, 0.15) is 17.5 Å². The summed E-state index contributed by atoms with van der Waals surface area (Å²) in [6, 6.07) is 14.9. The van der Waals surface area contributed by atoms with E-state index in [1.807, 2.05) is 15.9 Å². The Morgan fingerprint density at radius 1 is 0.778 bits per heavy atom. The summed E-state index contributed by atoms with van der Waals surface area (Å²) in [6.45, 7) is 2.71. The molecule has 0 atom stereocenters. The van der Waals surface area contributed by atoms with Gasteiger partial charge in [0.05, 0.1) is 11.4 Å². The van der Waals surface area contributed by atoms with Crippen molar-refractivity contribution in [1.29, 1.82) is 0 Å². The zero-order chi connectivity index (χ0) is 18.6. The molecule has 0 bridgehead atoms. The van der Waals surface area contributed by atoms with Crippen molar-refractivity contribution in [2.24, 2.45) is 0 Å². The molecule has 1 aliphatic heterocycles. The smallest absolute Gasteiger partial charge is 0.227 e. The highest BCUT2D eigenvalue weighted by molar-refractivity contribution is 5.58. The minimum Gasteiger partial charge on any atom is -0.366 e. The minimum atomic E-state index is -0.337. The van der Waals surface area contributed by atoms with E-state index in [-0.39, 0.29) is 11.6 Å². The Hall–Kier alpha value is -3.22. The van der Waals surface area contributed by atoms with Gasteiger partial charge in [0.25, 0.3) is 0 Å². The third-order valence-corrected chi connectivity index (χ3v) is 4.54. The number of rotatable bonds is 4. The van der Waals surface area contributed by atoms with Crippen molar-refractivity contribution in [3.63, 3.8) is 0 Å². The van der Waals surface area contributed by atoms with Crippen LogP contribution in [0, 0.1) is 11.6 Å². The molecule has 27 heavy (non-hydrogen) atoms. The first kappa shape index (κ1) is 17.2. The Morgan fingerprint density at radius 3 is 2.19 bits per heavy atom. The molecule has 1 N–H and O–H groups in total. The molecule has 7 heteroatoms. The van der Waals surface area contributed by atoms with Crippen LogP contribution in [0.25, 0.3) is 0 Å². The third-order valence-electron chi connectivity index (χ3n) is 4.54. The molecule has 5 nitrogen and oxygen atoms in total. The van der Waals surface area contributed by atoms with Crippen molar-refractivity contribution in [2.45, 2.75) is 0 Å². The monoisotopic (exact) mass is 367 g/mol. The van der Waals surface area contributed by atoms with Crippen molar-refractivity contribution in [2.75, 3.05) is 41.3 Å². The Labute approximate surface area is 156 Å². The molecule has 0 aliphatic carbocycles. The number of nitrogens with zero attached hydrogens (tertiary/aromatic N) is 4. The number of para-hydroxylation sites is 2. The molecular formula is C20H19F2N5. The maximum atomic E-state index is 14.0. The summed E-state index contributed by atoms with van der Waals surface area (Å²) in [4.78, 5) is 12.9. The fourth-order valence-electron chi connectivity index (χ4n) is 3.13. The van der Waals surface area contributed by atoms with Gasteiger partial charge < -0.3 is 15.1 Å². The van der Waals surface area contributed by atoms with Gasteiger partial charge in [-0.15, -0.1) is 0 Å². The van der Waals surface area contributed by atoms with Crippen molar-refractivity contribution < 1.29 is 8.78 Å². The lowest BCUT2D eigenvalue weighted by Crippen LogP contribution is -2.47. The lowest BCUT2D eigenvalue weighted by atomic mass is 10.2. The number of benzene rings is 2. The quantitative estimate of drug-likeness (QED) is 0.759. The molecule has 1 aliphatic rings. The Kier molecular flexibility index (Phi) is 4.82. The van der Waals surface area contributed by atoms with Crippen LogP contribution in [-0.2, 0) is 0 Å². The van der Waals surface area contributed by atoms with Gasteiger partial charge in [0.15, 0.2) is 0 Å². The van der Waals surface area contributed by atoms with Crippen LogP contribution in [0.15, 0.2) is 60.8 Å². The number of nitrogens with one attached hydrogen (secondary N) is 1. The normalized spacial score (nSPS) is 14.3. The number of piperazine rings is 1. The van der Waals surface area contributed by atoms with E-state index in [0.29, 0.717) is 49.3 Å². The second-order valence-corrected chi connectivity index (χ2v) is 6.27. The fraction of sp³-hybridized carbons (Fsp3) is 0.200. The molecule has 0 saturated carbocycles. The zero-order valence-corrected chi connectivity index (χ0v) is 14.6. The molecule has 0 spiro atoms. The fourth-order valence-corrected chi connectivity index (χ4v) is 3.13. The first-order valence-electron chi connectivity index (χ1n) is 8.80. The largest absolute Gasteiger partial charge is 0.366 e.